The Labute approximate surface area is 142 Å². The molecule has 0 fully saturated rings. The van der Waals surface area contributed by atoms with Gasteiger partial charge in [-0.15, -0.1) is 0 Å². The van der Waals surface area contributed by atoms with Crippen molar-refractivity contribution in [1.29, 1.82) is 0 Å². The predicted octanol–water partition coefficient (Wildman–Crippen LogP) is 4.12. The first-order chi connectivity index (χ1) is 11.4. The van der Waals surface area contributed by atoms with Gasteiger partial charge in [-0.25, -0.2) is 9.59 Å². The summed E-state index contributed by atoms with van der Waals surface area (Å²) in [5, 5.41) is 0. The number of benzene rings is 2. The van der Waals surface area contributed by atoms with E-state index in [9.17, 15) is 9.59 Å². The van der Waals surface area contributed by atoms with Crippen molar-refractivity contribution in [2.75, 3.05) is 6.61 Å². The number of esters is 2. The molecule has 0 bridgehead atoms. The molecule has 0 aromatic heterocycles. The molecular formula is C20H22O4. The minimum absolute atomic E-state index is 0.00301. The van der Waals surface area contributed by atoms with E-state index in [1.54, 1.807) is 55.5 Å². The first-order valence-electron chi connectivity index (χ1n) is 7.93. The van der Waals surface area contributed by atoms with Crippen molar-refractivity contribution in [3.05, 3.63) is 71.8 Å². The molecule has 0 aliphatic carbocycles. The molecule has 0 saturated heterocycles. The molecule has 1 atom stereocenters. The second-order valence-electron chi connectivity index (χ2n) is 6.17. The Kier molecular flexibility index (Phi) is 5.74. The lowest BCUT2D eigenvalue weighted by Crippen LogP contribution is -2.42. The lowest BCUT2D eigenvalue weighted by atomic mass is 9.93. The van der Waals surface area contributed by atoms with Gasteiger partial charge in [-0.1, -0.05) is 50.2 Å². The summed E-state index contributed by atoms with van der Waals surface area (Å²) in [4.78, 5) is 24.4. The first-order valence-corrected chi connectivity index (χ1v) is 7.93. The Morgan fingerprint density at radius 1 is 0.875 bits per heavy atom. The van der Waals surface area contributed by atoms with Crippen LogP contribution in [0.3, 0.4) is 0 Å². The zero-order valence-corrected chi connectivity index (χ0v) is 14.2. The Hall–Kier alpha value is -2.62. The third-order valence-corrected chi connectivity index (χ3v) is 4.06. The molecule has 0 heterocycles. The molecule has 0 N–H and O–H groups in total. The number of ether oxygens (including phenoxy) is 2. The van der Waals surface area contributed by atoms with E-state index in [1.807, 2.05) is 26.0 Å². The van der Waals surface area contributed by atoms with E-state index in [2.05, 4.69) is 0 Å². The van der Waals surface area contributed by atoms with Gasteiger partial charge in [-0.2, -0.15) is 0 Å². The van der Waals surface area contributed by atoms with E-state index >= 15 is 0 Å². The lowest BCUT2D eigenvalue weighted by Gasteiger charge is -2.32. The van der Waals surface area contributed by atoms with Crippen molar-refractivity contribution in [3.63, 3.8) is 0 Å². The van der Waals surface area contributed by atoms with Crippen LogP contribution < -0.4 is 0 Å². The summed E-state index contributed by atoms with van der Waals surface area (Å²) in [6.45, 7) is 5.62. The number of hydrogen-bond donors (Lipinski definition) is 0. The average Bonchev–Trinajstić information content (AvgIpc) is 2.61. The zero-order chi connectivity index (χ0) is 17.6. The highest BCUT2D eigenvalue weighted by atomic mass is 16.6. The smallest absolute Gasteiger partial charge is 0.338 e. The molecule has 0 amide bonds. The monoisotopic (exact) mass is 326 g/mol. The zero-order valence-electron chi connectivity index (χ0n) is 14.2. The van der Waals surface area contributed by atoms with Crippen molar-refractivity contribution in [2.24, 2.45) is 5.92 Å². The van der Waals surface area contributed by atoms with Crippen molar-refractivity contribution in [3.8, 4) is 0 Å². The molecule has 24 heavy (non-hydrogen) atoms. The van der Waals surface area contributed by atoms with Crippen LogP contribution in [0.2, 0.25) is 0 Å². The third-order valence-electron chi connectivity index (χ3n) is 4.06. The van der Waals surface area contributed by atoms with Gasteiger partial charge in [0.25, 0.3) is 0 Å². The average molecular weight is 326 g/mol. The fraction of sp³-hybridized carbons (Fsp3) is 0.300. The minimum Gasteiger partial charge on any atom is -0.458 e. The summed E-state index contributed by atoms with van der Waals surface area (Å²) in [5.74, 6) is -0.880. The standard InChI is InChI=1S/C20H22O4/c1-15(2)20(3,24-19(22)17-12-8-5-9-13-17)14-23-18(21)16-10-6-4-7-11-16/h4-13,15H,14H2,1-3H3. The van der Waals surface area contributed by atoms with E-state index in [0.29, 0.717) is 11.1 Å². The molecule has 0 aliphatic rings. The largest absolute Gasteiger partial charge is 0.458 e. The summed E-state index contributed by atoms with van der Waals surface area (Å²) in [6.07, 6.45) is 0. The fourth-order valence-corrected chi connectivity index (χ4v) is 2.03. The summed E-state index contributed by atoms with van der Waals surface area (Å²) in [7, 11) is 0. The van der Waals surface area contributed by atoms with Gasteiger partial charge in [0, 0.05) is 0 Å². The van der Waals surface area contributed by atoms with E-state index in [-0.39, 0.29) is 12.5 Å². The predicted molar refractivity (Wildman–Crippen MR) is 91.8 cm³/mol. The number of carbonyl (C=O) groups is 2. The van der Waals surface area contributed by atoms with Gasteiger partial charge in [0.15, 0.2) is 0 Å². The summed E-state index contributed by atoms with van der Waals surface area (Å²) in [6, 6.07) is 17.5. The van der Waals surface area contributed by atoms with Crippen LogP contribution in [0.15, 0.2) is 60.7 Å². The second-order valence-corrected chi connectivity index (χ2v) is 6.17. The Morgan fingerprint density at radius 3 is 1.79 bits per heavy atom. The van der Waals surface area contributed by atoms with E-state index in [1.165, 1.54) is 0 Å². The van der Waals surface area contributed by atoms with Gasteiger partial charge >= 0.3 is 11.9 Å². The Bertz CT molecular complexity index is 679. The molecule has 1 unspecified atom stereocenters. The van der Waals surface area contributed by atoms with Crippen LogP contribution in [0.1, 0.15) is 41.5 Å². The molecular weight excluding hydrogens is 304 g/mol. The van der Waals surface area contributed by atoms with Crippen LogP contribution in [0.5, 0.6) is 0 Å². The van der Waals surface area contributed by atoms with E-state index in [4.69, 9.17) is 9.47 Å². The molecule has 4 nitrogen and oxygen atoms in total. The highest BCUT2D eigenvalue weighted by Gasteiger charge is 2.35. The second kappa shape index (κ2) is 7.77. The minimum atomic E-state index is -0.905. The van der Waals surface area contributed by atoms with Crippen molar-refractivity contribution in [2.45, 2.75) is 26.4 Å². The molecule has 2 rings (SSSR count). The van der Waals surface area contributed by atoms with Crippen molar-refractivity contribution >= 4 is 11.9 Å². The summed E-state index contributed by atoms with van der Waals surface area (Å²) in [5.41, 5.74) is 0.0360. The van der Waals surface area contributed by atoms with Crippen LogP contribution in [-0.2, 0) is 9.47 Å². The van der Waals surface area contributed by atoms with Crippen molar-refractivity contribution in [1.82, 2.24) is 0 Å². The van der Waals surface area contributed by atoms with Gasteiger partial charge in [-0.3, -0.25) is 0 Å². The highest BCUT2D eigenvalue weighted by Crippen LogP contribution is 2.24. The molecule has 2 aromatic carbocycles. The molecule has 0 radical (unpaired) electrons. The van der Waals surface area contributed by atoms with Crippen LogP contribution in [0.25, 0.3) is 0 Å². The topological polar surface area (TPSA) is 52.6 Å². The van der Waals surface area contributed by atoms with Crippen LogP contribution in [-0.4, -0.2) is 24.1 Å². The Morgan fingerprint density at radius 2 is 1.33 bits per heavy atom. The van der Waals surface area contributed by atoms with Gasteiger partial charge in [0.05, 0.1) is 11.1 Å². The summed E-state index contributed by atoms with van der Waals surface area (Å²) < 4.78 is 11.0. The number of rotatable bonds is 6. The molecule has 2 aromatic rings. The lowest BCUT2D eigenvalue weighted by molar-refractivity contribution is -0.0685. The summed E-state index contributed by atoms with van der Waals surface area (Å²) >= 11 is 0. The normalized spacial score (nSPS) is 13.2. The van der Waals surface area contributed by atoms with Crippen LogP contribution in [0.4, 0.5) is 0 Å². The van der Waals surface area contributed by atoms with Gasteiger partial charge in [0.1, 0.15) is 12.2 Å². The maximum atomic E-state index is 12.3. The molecule has 0 spiro atoms. The maximum Gasteiger partial charge on any atom is 0.338 e. The molecule has 0 saturated carbocycles. The van der Waals surface area contributed by atoms with E-state index in [0.717, 1.165) is 0 Å². The van der Waals surface area contributed by atoms with Crippen molar-refractivity contribution < 1.29 is 19.1 Å². The number of hydrogen-bond acceptors (Lipinski definition) is 4. The van der Waals surface area contributed by atoms with Crippen LogP contribution >= 0.6 is 0 Å². The van der Waals surface area contributed by atoms with Gasteiger partial charge in [-0.05, 0) is 37.1 Å². The first kappa shape index (κ1) is 17.7. The quantitative estimate of drug-likeness (QED) is 0.750. The number of carbonyl (C=O) groups excluding carboxylic acids is 2. The molecule has 126 valence electrons. The fourth-order valence-electron chi connectivity index (χ4n) is 2.03. The van der Waals surface area contributed by atoms with Gasteiger partial charge < -0.3 is 9.47 Å². The maximum absolute atomic E-state index is 12.3. The molecule has 0 aliphatic heterocycles. The highest BCUT2D eigenvalue weighted by molar-refractivity contribution is 5.90. The van der Waals surface area contributed by atoms with Crippen LogP contribution in [0, 0.1) is 5.92 Å². The Balaban J connectivity index is 2.05. The third kappa shape index (κ3) is 4.44. The SMILES string of the molecule is CC(C)C(C)(COC(=O)c1ccccc1)OC(=O)c1ccccc1. The molecule has 4 heteroatoms. The van der Waals surface area contributed by atoms with E-state index < -0.39 is 17.5 Å². The van der Waals surface area contributed by atoms with Gasteiger partial charge in [0.2, 0.25) is 0 Å².